The number of halogens is 1. The summed E-state index contributed by atoms with van der Waals surface area (Å²) in [5, 5.41) is 0. The molecule has 3 rings (SSSR count). The summed E-state index contributed by atoms with van der Waals surface area (Å²) in [6.07, 6.45) is 0. The molecule has 1 heterocycles. The van der Waals surface area contributed by atoms with E-state index in [1.54, 1.807) is 15.2 Å². The van der Waals surface area contributed by atoms with Gasteiger partial charge in [0, 0.05) is 6.54 Å². The summed E-state index contributed by atoms with van der Waals surface area (Å²) in [4.78, 5) is 12.4. The summed E-state index contributed by atoms with van der Waals surface area (Å²) in [5.41, 5.74) is 2.52. The van der Waals surface area contributed by atoms with Gasteiger partial charge in [-0.2, -0.15) is 0 Å². The van der Waals surface area contributed by atoms with Crippen molar-refractivity contribution in [2.75, 3.05) is 0 Å². The Morgan fingerprint density at radius 2 is 1.70 bits per heavy atom. The SMILES string of the molecule is CCn1c(=O)n(Cc2cccc(F)c2)c2ccccc21. The van der Waals surface area contributed by atoms with E-state index in [9.17, 15) is 9.18 Å². The van der Waals surface area contributed by atoms with Crippen molar-refractivity contribution in [2.45, 2.75) is 20.0 Å². The first-order chi connectivity index (χ1) is 9.70. The van der Waals surface area contributed by atoms with Gasteiger partial charge < -0.3 is 0 Å². The van der Waals surface area contributed by atoms with Crippen LogP contribution in [0.1, 0.15) is 12.5 Å². The predicted molar refractivity (Wildman–Crippen MR) is 77.4 cm³/mol. The van der Waals surface area contributed by atoms with Crippen LogP contribution in [-0.4, -0.2) is 9.13 Å². The first-order valence-corrected chi connectivity index (χ1v) is 6.63. The minimum Gasteiger partial charge on any atom is -0.292 e. The van der Waals surface area contributed by atoms with Crippen molar-refractivity contribution in [1.82, 2.24) is 9.13 Å². The number of aryl methyl sites for hydroxylation is 1. The lowest BCUT2D eigenvalue weighted by Gasteiger charge is -2.03. The molecule has 0 aliphatic heterocycles. The molecule has 0 unspecified atom stereocenters. The summed E-state index contributed by atoms with van der Waals surface area (Å²) in [6, 6.07) is 14.0. The Morgan fingerprint density at radius 3 is 2.35 bits per heavy atom. The minimum atomic E-state index is -0.283. The molecule has 1 aromatic heterocycles. The zero-order chi connectivity index (χ0) is 14.1. The van der Waals surface area contributed by atoms with E-state index in [-0.39, 0.29) is 11.5 Å². The highest BCUT2D eigenvalue weighted by atomic mass is 19.1. The Labute approximate surface area is 115 Å². The average molecular weight is 270 g/mol. The highest BCUT2D eigenvalue weighted by Crippen LogP contribution is 2.14. The van der Waals surface area contributed by atoms with Crippen LogP contribution in [0.5, 0.6) is 0 Å². The molecule has 0 spiro atoms. The van der Waals surface area contributed by atoms with E-state index in [2.05, 4.69) is 0 Å². The zero-order valence-electron chi connectivity index (χ0n) is 11.2. The molecular formula is C16H15FN2O. The van der Waals surface area contributed by atoms with E-state index >= 15 is 0 Å². The van der Waals surface area contributed by atoms with E-state index in [4.69, 9.17) is 0 Å². The quantitative estimate of drug-likeness (QED) is 0.718. The third-order valence-corrected chi connectivity index (χ3v) is 3.47. The Hall–Kier alpha value is -2.36. The maximum Gasteiger partial charge on any atom is 0.329 e. The number of nitrogens with zero attached hydrogens (tertiary/aromatic N) is 2. The molecule has 0 amide bonds. The first-order valence-electron chi connectivity index (χ1n) is 6.63. The smallest absolute Gasteiger partial charge is 0.292 e. The van der Waals surface area contributed by atoms with E-state index in [0.29, 0.717) is 13.1 Å². The van der Waals surface area contributed by atoms with Crippen LogP contribution < -0.4 is 5.69 Å². The van der Waals surface area contributed by atoms with Crippen LogP contribution in [-0.2, 0) is 13.1 Å². The van der Waals surface area contributed by atoms with Gasteiger partial charge in [0.05, 0.1) is 17.6 Å². The van der Waals surface area contributed by atoms with Crippen LogP contribution in [0.2, 0.25) is 0 Å². The molecule has 0 aliphatic rings. The van der Waals surface area contributed by atoms with Crippen molar-refractivity contribution in [3.05, 3.63) is 70.4 Å². The molecule has 0 radical (unpaired) electrons. The Balaban J connectivity index is 2.16. The number of rotatable bonds is 3. The van der Waals surface area contributed by atoms with Crippen LogP contribution in [0.15, 0.2) is 53.3 Å². The lowest BCUT2D eigenvalue weighted by atomic mass is 10.2. The summed E-state index contributed by atoms with van der Waals surface area (Å²) in [5.74, 6) is -0.283. The number of fused-ring (bicyclic) bond motifs is 1. The molecule has 102 valence electrons. The second-order valence-corrected chi connectivity index (χ2v) is 4.73. The highest BCUT2D eigenvalue weighted by molar-refractivity contribution is 5.76. The van der Waals surface area contributed by atoms with Crippen molar-refractivity contribution in [1.29, 1.82) is 0 Å². The fourth-order valence-corrected chi connectivity index (χ4v) is 2.55. The highest BCUT2D eigenvalue weighted by Gasteiger charge is 2.11. The van der Waals surface area contributed by atoms with E-state index in [1.165, 1.54) is 12.1 Å². The maximum absolute atomic E-state index is 13.3. The largest absolute Gasteiger partial charge is 0.329 e. The zero-order valence-corrected chi connectivity index (χ0v) is 11.2. The summed E-state index contributed by atoms with van der Waals surface area (Å²) in [6.45, 7) is 2.94. The molecule has 0 aliphatic carbocycles. The molecule has 20 heavy (non-hydrogen) atoms. The summed E-state index contributed by atoms with van der Waals surface area (Å²) >= 11 is 0. The van der Waals surface area contributed by atoms with Crippen LogP contribution in [0.3, 0.4) is 0 Å². The fourth-order valence-electron chi connectivity index (χ4n) is 2.55. The van der Waals surface area contributed by atoms with Crippen molar-refractivity contribution in [3.8, 4) is 0 Å². The van der Waals surface area contributed by atoms with Gasteiger partial charge in [-0.1, -0.05) is 24.3 Å². The third kappa shape index (κ3) is 2.03. The minimum absolute atomic E-state index is 0.0574. The van der Waals surface area contributed by atoms with Gasteiger partial charge in [-0.15, -0.1) is 0 Å². The molecule has 0 saturated heterocycles. The van der Waals surface area contributed by atoms with E-state index in [0.717, 1.165) is 16.6 Å². The van der Waals surface area contributed by atoms with Gasteiger partial charge in [0.25, 0.3) is 0 Å². The van der Waals surface area contributed by atoms with Gasteiger partial charge in [-0.3, -0.25) is 9.13 Å². The second-order valence-electron chi connectivity index (χ2n) is 4.73. The van der Waals surface area contributed by atoms with Gasteiger partial charge in [-0.25, -0.2) is 9.18 Å². The molecule has 0 bridgehead atoms. The molecule has 3 aromatic rings. The molecule has 4 heteroatoms. The van der Waals surface area contributed by atoms with E-state index < -0.39 is 0 Å². The number of imidazole rings is 1. The van der Waals surface area contributed by atoms with Gasteiger partial charge >= 0.3 is 5.69 Å². The number of aromatic nitrogens is 2. The lowest BCUT2D eigenvalue weighted by Crippen LogP contribution is -2.24. The monoisotopic (exact) mass is 270 g/mol. The summed E-state index contributed by atoms with van der Waals surface area (Å²) in [7, 11) is 0. The van der Waals surface area contributed by atoms with Crippen LogP contribution in [0.25, 0.3) is 11.0 Å². The van der Waals surface area contributed by atoms with Crippen molar-refractivity contribution in [3.63, 3.8) is 0 Å². The molecule has 0 atom stereocenters. The molecular weight excluding hydrogens is 255 g/mol. The topological polar surface area (TPSA) is 26.9 Å². The number of hydrogen-bond acceptors (Lipinski definition) is 1. The molecule has 0 saturated carbocycles. The Bertz CT molecular complexity index is 817. The predicted octanol–water partition coefficient (Wildman–Crippen LogP) is 3.01. The molecule has 0 fully saturated rings. The van der Waals surface area contributed by atoms with Gasteiger partial charge in [0.2, 0.25) is 0 Å². The van der Waals surface area contributed by atoms with E-state index in [1.807, 2.05) is 37.3 Å². The molecule has 2 aromatic carbocycles. The van der Waals surface area contributed by atoms with Gasteiger partial charge in [0.15, 0.2) is 0 Å². The van der Waals surface area contributed by atoms with Crippen LogP contribution in [0.4, 0.5) is 4.39 Å². The van der Waals surface area contributed by atoms with Crippen molar-refractivity contribution in [2.24, 2.45) is 0 Å². The Morgan fingerprint density at radius 1 is 1.00 bits per heavy atom. The van der Waals surface area contributed by atoms with Crippen LogP contribution >= 0.6 is 0 Å². The first kappa shape index (κ1) is 12.7. The maximum atomic E-state index is 13.3. The van der Waals surface area contributed by atoms with Gasteiger partial charge in [-0.05, 0) is 36.8 Å². The van der Waals surface area contributed by atoms with Gasteiger partial charge in [0.1, 0.15) is 5.82 Å². The van der Waals surface area contributed by atoms with Crippen molar-refractivity contribution >= 4 is 11.0 Å². The number of benzene rings is 2. The Kier molecular flexibility index (Phi) is 3.14. The molecule has 0 N–H and O–H groups in total. The third-order valence-electron chi connectivity index (χ3n) is 3.47. The molecule has 3 nitrogen and oxygen atoms in total. The lowest BCUT2D eigenvalue weighted by molar-refractivity contribution is 0.622. The normalized spacial score (nSPS) is 11.1. The average Bonchev–Trinajstić information content (AvgIpc) is 2.72. The van der Waals surface area contributed by atoms with Crippen LogP contribution in [0, 0.1) is 5.82 Å². The number of hydrogen-bond donors (Lipinski definition) is 0. The standard InChI is InChI=1S/C16H15FN2O/c1-2-18-14-8-3-4-9-15(14)19(16(18)20)11-12-6-5-7-13(17)10-12/h3-10H,2,11H2,1H3. The second kappa shape index (κ2) is 4.96. The fraction of sp³-hybridized carbons (Fsp3) is 0.188. The van der Waals surface area contributed by atoms with Crippen molar-refractivity contribution < 1.29 is 4.39 Å². The number of para-hydroxylation sites is 2. The summed E-state index contributed by atoms with van der Waals surface area (Å²) < 4.78 is 16.7.